The Balaban J connectivity index is 0.000000188. The van der Waals surface area contributed by atoms with Crippen molar-refractivity contribution in [1.82, 2.24) is 15.0 Å². The smallest absolute Gasteiger partial charge is 0.218 e. The SMILES string of the molecule is CC(C)Cc1cc(-c2[c-]cccc2)ncc1[Si](C)(C)C.Fc1ccc2c(n1)oc1c(-c3cc(CC4CCCC4)ccn3)[c-]ccc12.[Ir]. The Morgan fingerprint density at radius 1 is 0.915 bits per heavy atom. The topological polar surface area (TPSA) is 51.8 Å². The zero-order valence-corrected chi connectivity index (χ0v) is 31.3. The summed E-state index contributed by atoms with van der Waals surface area (Å²) >= 11 is 0. The first-order chi connectivity index (χ1) is 22.2. The molecular weight excluding hydrogens is 778 g/mol. The van der Waals surface area contributed by atoms with Gasteiger partial charge in [-0.25, -0.2) is 0 Å². The molecule has 0 unspecified atom stereocenters. The predicted molar refractivity (Wildman–Crippen MR) is 189 cm³/mol. The number of halogens is 1. The van der Waals surface area contributed by atoms with Crippen LogP contribution in [0.15, 0.2) is 83.5 Å². The quantitative estimate of drug-likeness (QED) is 0.0915. The van der Waals surface area contributed by atoms with Gasteiger partial charge in [-0.2, -0.15) is 9.37 Å². The normalized spacial score (nSPS) is 13.5. The maximum absolute atomic E-state index is 13.4. The second-order valence-electron chi connectivity index (χ2n) is 13.9. The number of rotatable bonds is 7. The maximum atomic E-state index is 13.4. The number of pyridine rings is 3. The zero-order valence-electron chi connectivity index (χ0n) is 27.9. The van der Waals surface area contributed by atoms with Crippen LogP contribution < -0.4 is 5.19 Å². The molecule has 7 rings (SSSR count). The number of nitrogens with zero attached hydrogens (tertiary/aromatic N) is 3. The molecule has 1 aliphatic carbocycles. The number of hydrogen-bond donors (Lipinski definition) is 0. The largest absolute Gasteiger partial charge is 0.486 e. The summed E-state index contributed by atoms with van der Waals surface area (Å²) in [6, 6.07) is 27.9. The molecule has 0 aliphatic heterocycles. The number of fused-ring (bicyclic) bond motifs is 3. The summed E-state index contributed by atoms with van der Waals surface area (Å²) in [4.78, 5) is 13.1. The van der Waals surface area contributed by atoms with E-state index in [0.29, 0.717) is 17.2 Å². The molecule has 0 saturated heterocycles. The van der Waals surface area contributed by atoms with Crippen molar-refractivity contribution in [2.24, 2.45) is 11.8 Å². The molecule has 0 atom stereocenters. The van der Waals surface area contributed by atoms with E-state index >= 15 is 0 Å². The van der Waals surface area contributed by atoms with Crippen LogP contribution in [0.2, 0.25) is 19.6 Å². The molecule has 1 aliphatic rings. The number of hydrogen-bond acceptors (Lipinski definition) is 4. The maximum Gasteiger partial charge on any atom is 0.218 e. The molecule has 47 heavy (non-hydrogen) atoms. The third-order valence-corrected chi connectivity index (χ3v) is 10.8. The van der Waals surface area contributed by atoms with Crippen molar-refractivity contribution in [2.75, 3.05) is 0 Å². The molecule has 0 bridgehead atoms. The first-order valence-corrected chi connectivity index (χ1v) is 20.0. The van der Waals surface area contributed by atoms with Crippen LogP contribution in [-0.2, 0) is 32.9 Å². The second-order valence-corrected chi connectivity index (χ2v) is 19.0. The first-order valence-electron chi connectivity index (χ1n) is 16.5. The van der Waals surface area contributed by atoms with E-state index in [-0.39, 0.29) is 20.1 Å². The number of benzene rings is 2. The summed E-state index contributed by atoms with van der Waals surface area (Å²) < 4.78 is 19.3. The first kappa shape index (κ1) is 34.8. The monoisotopic (exact) mass is 820 g/mol. The number of aromatic nitrogens is 3. The summed E-state index contributed by atoms with van der Waals surface area (Å²) in [6.07, 6.45) is 11.5. The summed E-state index contributed by atoms with van der Waals surface area (Å²) in [5, 5.41) is 3.20. The van der Waals surface area contributed by atoms with Crippen LogP contribution in [0.1, 0.15) is 50.7 Å². The Bertz CT molecular complexity index is 1950. The van der Waals surface area contributed by atoms with Crippen LogP contribution in [-0.4, -0.2) is 23.0 Å². The molecule has 1 fully saturated rings. The summed E-state index contributed by atoms with van der Waals surface area (Å²) in [7, 11) is -1.34. The Labute approximate surface area is 292 Å². The van der Waals surface area contributed by atoms with Gasteiger partial charge in [0.2, 0.25) is 11.7 Å². The Hall–Kier alpha value is -3.51. The van der Waals surface area contributed by atoms with Gasteiger partial charge in [0.15, 0.2) is 0 Å². The fraction of sp³-hybridized carbons (Fsp3) is 0.325. The molecule has 7 heteroatoms. The van der Waals surface area contributed by atoms with Gasteiger partial charge in [-0.15, -0.1) is 54.1 Å². The van der Waals surface area contributed by atoms with Crippen molar-refractivity contribution < 1.29 is 28.9 Å². The van der Waals surface area contributed by atoms with Gasteiger partial charge in [0, 0.05) is 37.9 Å². The van der Waals surface area contributed by atoms with Crippen molar-refractivity contribution in [3.05, 3.63) is 108 Å². The van der Waals surface area contributed by atoms with E-state index in [2.05, 4.69) is 91.0 Å². The molecule has 245 valence electrons. The van der Waals surface area contributed by atoms with Gasteiger partial charge in [0.05, 0.1) is 13.7 Å². The molecule has 1 saturated carbocycles. The standard InChI is InChI=1S/C22H18FN2O.C18H24NSi.Ir/c23-20-9-8-17-16-6-3-7-18(21(16)26-22(17)25-20)19-13-15(10-11-24-19)12-14-4-1-2-5-14;1-14(2)11-16-12-17(15-9-7-6-8-10-15)19-13-18(16)20(3,4)5;/h3,6,8-11,13-14H,1-2,4-5,12H2;6-9,12-14H,11H2,1-5H3;/q2*-1;. The molecule has 6 aromatic rings. The molecule has 2 aromatic carbocycles. The van der Waals surface area contributed by atoms with Crippen LogP contribution in [0.25, 0.3) is 44.6 Å². The molecule has 4 aromatic heterocycles. The van der Waals surface area contributed by atoms with Crippen molar-refractivity contribution >= 4 is 35.3 Å². The Kier molecular flexibility index (Phi) is 11.2. The van der Waals surface area contributed by atoms with E-state index in [4.69, 9.17) is 4.42 Å². The van der Waals surface area contributed by atoms with Crippen LogP contribution in [0.3, 0.4) is 0 Å². The fourth-order valence-electron chi connectivity index (χ4n) is 6.56. The van der Waals surface area contributed by atoms with Gasteiger partial charge < -0.3 is 14.4 Å². The van der Waals surface area contributed by atoms with Gasteiger partial charge in [0.1, 0.15) is 0 Å². The van der Waals surface area contributed by atoms with Crippen molar-refractivity contribution in [3.8, 4) is 22.5 Å². The third-order valence-electron chi connectivity index (χ3n) is 8.75. The molecular formula is C40H42FIrN3OSi-2. The van der Waals surface area contributed by atoms with Gasteiger partial charge in [0.25, 0.3) is 0 Å². The van der Waals surface area contributed by atoms with Gasteiger partial charge in [-0.05, 0) is 59.5 Å². The van der Waals surface area contributed by atoms with E-state index in [9.17, 15) is 4.39 Å². The predicted octanol–water partition coefficient (Wildman–Crippen LogP) is 10.0. The van der Waals surface area contributed by atoms with Crippen molar-refractivity contribution in [2.45, 2.75) is 72.0 Å². The molecule has 0 N–H and O–H groups in total. The molecule has 0 spiro atoms. The van der Waals surface area contributed by atoms with Crippen LogP contribution in [0.4, 0.5) is 4.39 Å². The summed E-state index contributed by atoms with van der Waals surface area (Å²) in [6.45, 7) is 11.7. The Morgan fingerprint density at radius 2 is 1.72 bits per heavy atom. The van der Waals surface area contributed by atoms with Crippen LogP contribution in [0.5, 0.6) is 0 Å². The molecule has 4 nitrogen and oxygen atoms in total. The summed E-state index contributed by atoms with van der Waals surface area (Å²) in [5.41, 5.74) is 7.51. The van der Waals surface area contributed by atoms with Crippen LogP contribution >= 0.6 is 0 Å². The van der Waals surface area contributed by atoms with Crippen molar-refractivity contribution in [3.63, 3.8) is 0 Å². The van der Waals surface area contributed by atoms with E-state index in [1.54, 1.807) is 6.07 Å². The van der Waals surface area contributed by atoms with E-state index in [0.717, 1.165) is 52.0 Å². The average molecular weight is 820 g/mol. The van der Waals surface area contributed by atoms with Gasteiger partial charge in [-0.1, -0.05) is 93.4 Å². The minimum Gasteiger partial charge on any atom is -0.486 e. The van der Waals surface area contributed by atoms with Gasteiger partial charge >= 0.3 is 0 Å². The molecule has 4 heterocycles. The Morgan fingerprint density at radius 3 is 2.45 bits per heavy atom. The minimum atomic E-state index is -1.34. The van der Waals surface area contributed by atoms with E-state index in [1.807, 2.05) is 36.5 Å². The second kappa shape index (κ2) is 15.1. The van der Waals surface area contributed by atoms with Crippen molar-refractivity contribution in [1.29, 1.82) is 0 Å². The fourth-order valence-corrected chi connectivity index (χ4v) is 8.15. The van der Waals surface area contributed by atoms with E-state index in [1.165, 1.54) is 48.1 Å². The average Bonchev–Trinajstić information content (AvgIpc) is 3.68. The van der Waals surface area contributed by atoms with E-state index < -0.39 is 14.0 Å². The van der Waals surface area contributed by atoms with Gasteiger partial charge in [-0.3, -0.25) is 0 Å². The van der Waals surface area contributed by atoms with Crippen LogP contribution in [0, 0.1) is 29.9 Å². The number of furan rings is 1. The molecule has 1 radical (unpaired) electrons. The summed E-state index contributed by atoms with van der Waals surface area (Å²) in [5.74, 6) is 0.905. The molecule has 0 amide bonds. The zero-order chi connectivity index (χ0) is 32.3. The minimum absolute atomic E-state index is 0. The third kappa shape index (κ3) is 8.32.